The Kier molecular flexibility index (Phi) is 3.32. The van der Waals surface area contributed by atoms with E-state index in [1.807, 2.05) is 6.92 Å². The number of nitrogens with zero attached hydrogens (tertiary/aromatic N) is 1. The number of hydrogen-bond donors (Lipinski definition) is 1. The van der Waals surface area contributed by atoms with E-state index in [2.05, 4.69) is 38.1 Å². The summed E-state index contributed by atoms with van der Waals surface area (Å²) in [5.74, 6) is 0.349. The smallest absolute Gasteiger partial charge is 0.0982 e. The van der Waals surface area contributed by atoms with Crippen molar-refractivity contribution in [1.82, 2.24) is 4.98 Å². The lowest BCUT2D eigenvalue weighted by Crippen LogP contribution is -2.23. The summed E-state index contributed by atoms with van der Waals surface area (Å²) in [5.41, 5.74) is 7.14. The molecule has 0 bridgehead atoms. The zero-order valence-electron chi connectivity index (χ0n) is 9.66. The van der Waals surface area contributed by atoms with E-state index in [1.54, 1.807) is 11.3 Å². The molecule has 2 nitrogen and oxygen atoms in total. The predicted molar refractivity (Wildman–Crippen MR) is 62.9 cm³/mol. The maximum atomic E-state index is 5.85. The van der Waals surface area contributed by atoms with E-state index in [1.165, 1.54) is 5.01 Å². The van der Waals surface area contributed by atoms with Crippen molar-refractivity contribution in [1.29, 1.82) is 0 Å². The molecule has 0 saturated heterocycles. The third kappa shape index (κ3) is 2.55. The van der Waals surface area contributed by atoms with E-state index in [0.29, 0.717) is 5.92 Å². The molecule has 0 aromatic carbocycles. The molecule has 0 aliphatic rings. The molecule has 2 atom stereocenters. The van der Waals surface area contributed by atoms with Gasteiger partial charge in [-0.25, -0.2) is 4.98 Å². The first-order chi connectivity index (χ1) is 6.32. The largest absolute Gasteiger partial charge is 0.327 e. The molecular formula is C11H20N2S. The van der Waals surface area contributed by atoms with Crippen molar-refractivity contribution >= 4 is 11.3 Å². The number of hydrogen-bond acceptors (Lipinski definition) is 3. The van der Waals surface area contributed by atoms with Gasteiger partial charge in [-0.05, 0) is 6.92 Å². The van der Waals surface area contributed by atoms with Crippen LogP contribution in [0.1, 0.15) is 51.2 Å². The molecule has 1 aromatic rings. The summed E-state index contributed by atoms with van der Waals surface area (Å²) in [4.78, 5) is 4.64. The third-order valence-corrected chi connectivity index (χ3v) is 3.71. The second-order valence-electron chi connectivity index (χ2n) is 4.98. The lowest BCUT2D eigenvalue weighted by Gasteiger charge is -2.15. The van der Waals surface area contributed by atoms with Gasteiger partial charge in [0.15, 0.2) is 0 Å². The summed E-state index contributed by atoms with van der Waals surface area (Å²) in [6, 6.07) is 0.171. The van der Waals surface area contributed by atoms with Gasteiger partial charge in [0.2, 0.25) is 0 Å². The van der Waals surface area contributed by atoms with Crippen LogP contribution in [-0.4, -0.2) is 11.0 Å². The molecule has 0 spiro atoms. The molecule has 1 rings (SSSR count). The topological polar surface area (TPSA) is 38.9 Å². The molecule has 1 aromatic heterocycles. The molecule has 2 N–H and O–H groups in total. The summed E-state index contributed by atoms with van der Waals surface area (Å²) in [6.45, 7) is 10.7. The fourth-order valence-corrected chi connectivity index (χ4v) is 2.12. The summed E-state index contributed by atoms with van der Waals surface area (Å²) in [7, 11) is 0. The Morgan fingerprint density at radius 2 is 1.93 bits per heavy atom. The van der Waals surface area contributed by atoms with Crippen LogP contribution in [-0.2, 0) is 5.41 Å². The van der Waals surface area contributed by atoms with E-state index in [9.17, 15) is 0 Å². The van der Waals surface area contributed by atoms with E-state index in [0.717, 1.165) is 5.69 Å². The van der Waals surface area contributed by atoms with Crippen LogP contribution < -0.4 is 5.73 Å². The SMILES string of the molecule is CC(N)C(C)c1csc(C(C)(C)C)n1. The Bertz CT molecular complexity index is 296. The predicted octanol–water partition coefficient (Wildman–Crippen LogP) is 2.89. The first-order valence-corrected chi connectivity index (χ1v) is 5.92. The lowest BCUT2D eigenvalue weighted by atomic mass is 9.97. The van der Waals surface area contributed by atoms with Crippen LogP contribution in [0.15, 0.2) is 5.38 Å². The summed E-state index contributed by atoms with van der Waals surface area (Å²) >= 11 is 1.74. The normalized spacial score (nSPS) is 16.7. The molecule has 3 heteroatoms. The average Bonchev–Trinajstić information content (AvgIpc) is 2.49. The third-order valence-electron chi connectivity index (χ3n) is 2.42. The Hall–Kier alpha value is -0.410. The van der Waals surface area contributed by atoms with Crippen LogP contribution in [0.25, 0.3) is 0 Å². The maximum absolute atomic E-state index is 5.85. The van der Waals surface area contributed by atoms with E-state index in [4.69, 9.17) is 5.73 Å². The zero-order chi connectivity index (χ0) is 10.9. The Morgan fingerprint density at radius 1 is 1.36 bits per heavy atom. The minimum atomic E-state index is 0.153. The van der Waals surface area contributed by atoms with E-state index in [-0.39, 0.29) is 11.5 Å². The fraction of sp³-hybridized carbons (Fsp3) is 0.727. The van der Waals surface area contributed by atoms with Crippen molar-refractivity contribution in [2.45, 2.75) is 52.0 Å². The summed E-state index contributed by atoms with van der Waals surface area (Å²) < 4.78 is 0. The van der Waals surface area contributed by atoms with Gasteiger partial charge in [-0.1, -0.05) is 27.7 Å². The number of aromatic nitrogens is 1. The van der Waals surface area contributed by atoms with Gasteiger partial charge in [0.05, 0.1) is 10.7 Å². The van der Waals surface area contributed by atoms with Crippen LogP contribution >= 0.6 is 11.3 Å². The standard InChI is InChI=1S/C11H20N2S/c1-7(8(2)12)9-6-14-10(13-9)11(3,4)5/h6-8H,12H2,1-5H3. The van der Waals surface area contributed by atoms with Gasteiger partial charge >= 0.3 is 0 Å². The van der Waals surface area contributed by atoms with Gasteiger partial charge in [-0.15, -0.1) is 11.3 Å². The summed E-state index contributed by atoms with van der Waals surface area (Å²) in [5, 5.41) is 3.33. The molecule has 0 fully saturated rings. The van der Waals surface area contributed by atoms with E-state index >= 15 is 0 Å². The van der Waals surface area contributed by atoms with Gasteiger partial charge in [0, 0.05) is 22.8 Å². The quantitative estimate of drug-likeness (QED) is 0.818. The summed E-state index contributed by atoms with van der Waals surface area (Å²) in [6.07, 6.45) is 0. The number of nitrogens with two attached hydrogens (primary N) is 1. The molecule has 2 unspecified atom stereocenters. The van der Waals surface area contributed by atoms with Crippen molar-refractivity contribution in [2.24, 2.45) is 5.73 Å². The second-order valence-corrected chi connectivity index (χ2v) is 5.83. The van der Waals surface area contributed by atoms with Gasteiger partial charge in [0.25, 0.3) is 0 Å². The van der Waals surface area contributed by atoms with Crippen LogP contribution in [0.4, 0.5) is 0 Å². The van der Waals surface area contributed by atoms with Gasteiger partial charge in [-0.2, -0.15) is 0 Å². The molecule has 0 aliphatic carbocycles. The van der Waals surface area contributed by atoms with E-state index < -0.39 is 0 Å². The Morgan fingerprint density at radius 3 is 2.29 bits per heavy atom. The first kappa shape index (κ1) is 11.7. The Balaban J connectivity index is 2.89. The molecule has 0 saturated carbocycles. The molecule has 1 heterocycles. The maximum Gasteiger partial charge on any atom is 0.0982 e. The minimum Gasteiger partial charge on any atom is -0.327 e. The minimum absolute atomic E-state index is 0.153. The number of rotatable bonds is 2. The van der Waals surface area contributed by atoms with Crippen molar-refractivity contribution in [3.63, 3.8) is 0 Å². The fourth-order valence-electron chi connectivity index (χ4n) is 1.11. The molecule has 0 radical (unpaired) electrons. The van der Waals surface area contributed by atoms with Crippen molar-refractivity contribution in [3.05, 3.63) is 16.1 Å². The van der Waals surface area contributed by atoms with Crippen LogP contribution in [0.2, 0.25) is 0 Å². The Labute approximate surface area is 90.6 Å². The van der Waals surface area contributed by atoms with Gasteiger partial charge in [-0.3, -0.25) is 0 Å². The molecule has 14 heavy (non-hydrogen) atoms. The highest BCUT2D eigenvalue weighted by Gasteiger charge is 2.20. The zero-order valence-corrected chi connectivity index (χ0v) is 10.5. The van der Waals surface area contributed by atoms with Gasteiger partial charge < -0.3 is 5.73 Å². The highest BCUT2D eigenvalue weighted by atomic mass is 32.1. The van der Waals surface area contributed by atoms with Crippen LogP contribution in [0.5, 0.6) is 0 Å². The highest BCUT2D eigenvalue weighted by molar-refractivity contribution is 7.09. The van der Waals surface area contributed by atoms with Crippen LogP contribution in [0, 0.1) is 0 Å². The second kappa shape index (κ2) is 3.99. The van der Waals surface area contributed by atoms with Crippen LogP contribution in [0.3, 0.4) is 0 Å². The molecular weight excluding hydrogens is 192 g/mol. The van der Waals surface area contributed by atoms with Gasteiger partial charge in [0.1, 0.15) is 0 Å². The molecule has 80 valence electrons. The van der Waals surface area contributed by atoms with Crippen molar-refractivity contribution < 1.29 is 0 Å². The average molecular weight is 212 g/mol. The van der Waals surface area contributed by atoms with Crippen molar-refractivity contribution in [3.8, 4) is 0 Å². The highest BCUT2D eigenvalue weighted by Crippen LogP contribution is 2.28. The number of thiazole rings is 1. The molecule has 0 aliphatic heterocycles. The monoisotopic (exact) mass is 212 g/mol. The first-order valence-electron chi connectivity index (χ1n) is 5.04. The lowest BCUT2D eigenvalue weighted by molar-refractivity contribution is 0.565. The van der Waals surface area contributed by atoms with Crippen molar-refractivity contribution in [2.75, 3.05) is 0 Å². The molecule has 0 amide bonds.